The van der Waals surface area contributed by atoms with Gasteiger partial charge in [0.25, 0.3) is 5.91 Å². The number of aliphatic hydroxyl groups excluding tert-OH is 1. The number of carbonyl (C=O) groups excluding carboxylic acids is 1. The molecule has 0 unspecified atom stereocenters. The average molecular weight is 299 g/mol. The zero-order valence-electron chi connectivity index (χ0n) is 12.9. The minimum absolute atomic E-state index is 0.0141. The van der Waals surface area contributed by atoms with Crippen LogP contribution in [0.15, 0.2) is 30.3 Å². The van der Waals surface area contributed by atoms with Gasteiger partial charge in [0.2, 0.25) is 0 Å². The molecule has 5 heteroatoms. The third-order valence-corrected chi connectivity index (χ3v) is 4.22. The molecule has 1 amide bonds. The first-order chi connectivity index (χ1) is 10.5. The van der Waals surface area contributed by atoms with Crippen molar-refractivity contribution in [1.29, 1.82) is 0 Å². The maximum absolute atomic E-state index is 12.5. The predicted octanol–water partition coefficient (Wildman–Crippen LogP) is 1.70. The number of H-pyrrole nitrogens is 1. The van der Waals surface area contributed by atoms with E-state index in [1.54, 1.807) is 4.90 Å². The monoisotopic (exact) mass is 299 g/mol. The molecule has 22 heavy (non-hydrogen) atoms. The number of rotatable bonds is 3. The second kappa shape index (κ2) is 5.93. The molecular formula is C17H21N3O2. The van der Waals surface area contributed by atoms with Crippen molar-refractivity contribution in [2.45, 2.75) is 26.4 Å². The minimum atomic E-state index is -0.494. The van der Waals surface area contributed by atoms with Crippen LogP contribution in [0.5, 0.6) is 0 Å². The van der Waals surface area contributed by atoms with Gasteiger partial charge in [0.05, 0.1) is 11.8 Å². The number of nitrogens with zero attached hydrogens (tertiary/aromatic N) is 2. The Labute approximate surface area is 130 Å². The Bertz CT molecular complexity index is 663. The van der Waals surface area contributed by atoms with Gasteiger partial charge in [-0.15, -0.1) is 0 Å². The molecule has 3 rings (SSSR count). The molecular weight excluding hydrogens is 278 g/mol. The number of hydrogen-bond acceptors (Lipinski definition) is 3. The van der Waals surface area contributed by atoms with Crippen molar-refractivity contribution in [3.05, 3.63) is 52.8 Å². The normalized spacial score (nSPS) is 21.3. The lowest BCUT2D eigenvalue weighted by Gasteiger charge is -2.16. The number of aryl methyl sites for hydroxylation is 2. The molecule has 1 saturated heterocycles. The van der Waals surface area contributed by atoms with Crippen LogP contribution in [0.25, 0.3) is 0 Å². The van der Waals surface area contributed by atoms with Crippen LogP contribution in [0.3, 0.4) is 0 Å². The predicted molar refractivity (Wildman–Crippen MR) is 83.6 cm³/mol. The van der Waals surface area contributed by atoms with Crippen molar-refractivity contribution in [2.75, 3.05) is 13.1 Å². The number of likely N-dealkylation sites (tertiary alicyclic amines) is 1. The van der Waals surface area contributed by atoms with Gasteiger partial charge >= 0.3 is 0 Å². The summed E-state index contributed by atoms with van der Waals surface area (Å²) >= 11 is 0. The van der Waals surface area contributed by atoms with E-state index < -0.39 is 6.10 Å². The number of hydrogen-bond donors (Lipinski definition) is 2. The van der Waals surface area contributed by atoms with Gasteiger partial charge in [0, 0.05) is 30.3 Å². The molecule has 0 radical (unpaired) electrons. The maximum Gasteiger partial charge on any atom is 0.253 e. The van der Waals surface area contributed by atoms with E-state index in [1.165, 1.54) is 0 Å². The Kier molecular flexibility index (Phi) is 3.98. The van der Waals surface area contributed by atoms with Gasteiger partial charge < -0.3 is 10.0 Å². The average Bonchev–Trinajstić information content (AvgIpc) is 3.06. The van der Waals surface area contributed by atoms with Gasteiger partial charge in [0.1, 0.15) is 0 Å². The fourth-order valence-corrected chi connectivity index (χ4v) is 2.95. The lowest BCUT2D eigenvalue weighted by molar-refractivity contribution is 0.0764. The molecule has 1 aliphatic heterocycles. The van der Waals surface area contributed by atoms with Crippen LogP contribution >= 0.6 is 0 Å². The lowest BCUT2D eigenvalue weighted by atomic mass is 10.0. The minimum Gasteiger partial charge on any atom is -0.391 e. The Morgan fingerprint density at radius 2 is 2.05 bits per heavy atom. The van der Waals surface area contributed by atoms with Crippen LogP contribution in [0.4, 0.5) is 0 Å². The number of β-amino-alcohol motifs (C(OH)–C–C–N with tert-alkyl or cyclic N) is 1. The summed E-state index contributed by atoms with van der Waals surface area (Å²) in [5, 5.41) is 17.4. The van der Waals surface area contributed by atoms with Crippen LogP contribution in [-0.2, 0) is 6.42 Å². The van der Waals surface area contributed by atoms with Gasteiger partial charge in [-0.2, -0.15) is 5.10 Å². The second-order valence-corrected chi connectivity index (χ2v) is 6.15. The summed E-state index contributed by atoms with van der Waals surface area (Å²) in [5.74, 6) is 0.0249. The fourth-order valence-electron chi connectivity index (χ4n) is 2.95. The van der Waals surface area contributed by atoms with Crippen LogP contribution in [0.2, 0.25) is 0 Å². The fraction of sp³-hybridized carbons (Fsp3) is 0.412. The van der Waals surface area contributed by atoms with Gasteiger partial charge in [-0.3, -0.25) is 9.89 Å². The molecule has 2 atom stereocenters. The Balaban J connectivity index is 1.67. The van der Waals surface area contributed by atoms with E-state index in [0.717, 1.165) is 17.0 Å². The SMILES string of the molecule is Cc1ccc(C(=O)N2C[C@@H](Cc3cc(C)[nH]n3)[C@H](O)C2)cc1. The Morgan fingerprint density at radius 3 is 2.68 bits per heavy atom. The summed E-state index contributed by atoms with van der Waals surface area (Å²) in [4.78, 5) is 14.2. The molecule has 2 heterocycles. The van der Waals surface area contributed by atoms with Gasteiger partial charge in [-0.25, -0.2) is 0 Å². The molecule has 0 saturated carbocycles. The first-order valence-corrected chi connectivity index (χ1v) is 7.58. The molecule has 2 aromatic rings. The summed E-state index contributed by atoms with van der Waals surface area (Å²) in [5.41, 5.74) is 3.75. The van der Waals surface area contributed by atoms with Crippen molar-refractivity contribution in [3.8, 4) is 0 Å². The van der Waals surface area contributed by atoms with Crippen LogP contribution in [-0.4, -0.2) is 45.3 Å². The smallest absolute Gasteiger partial charge is 0.253 e. The Hall–Kier alpha value is -2.14. The summed E-state index contributed by atoms with van der Waals surface area (Å²) in [7, 11) is 0. The Morgan fingerprint density at radius 1 is 1.32 bits per heavy atom. The van der Waals surface area contributed by atoms with E-state index in [-0.39, 0.29) is 11.8 Å². The number of benzene rings is 1. The van der Waals surface area contributed by atoms with Crippen molar-refractivity contribution in [3.63, 3.8) is 0 Å². The van der Waals surface area contributed by atoms with Gasteiger partial charge in [-0.05, 0) is 38.5 Å². The summed E-state index contributed by atoms with van der Waals surface area (Å²) in [6.07, 6.45) is 0.190. The van der Waals surface area contributed by atoms with E-state index in [4.69, 9.17) is 0 Å². The van der Waals surface area contributed by atoms with E-state index in [1.807, 2.05) is 44.2 Å². The van der Waals surface area contributed by atoms with Crippen molar-refractivity contribution < 1.29 is 9.90 Å². The molecule has 2 N–H and O–H groups in total. The standard InChI is InChI=1S/C17H21N3O2/c1-11-3-5-13(6-4-11)17(22)20-9-14(16(21)10-20)8-15-7-12(2)18-19-15/h3-7,14,16,21H,8-10H2,1-2H3,(H,18,19)/t14-,16-/m1/s1. The van der Waals surface area contributed by atoms with Crippen LogP contribution in [0.1, 0.15) is 27.3 Å². The van der Waals surface area contributed by atoms with E-state index >= 15 is 0 Å². The molecule has 0 bridgehead atoms. The van der Waals surface area contributed by atoms with E-state index in [0.29, 0.717) is 25.1 Å². The third-order valence-electron chi connectivity index (χ3n) is 4.22. The molecule has 0 spiro atoms. The van der Waals surface area contributed by atoms with Crippen LogP contribution < -0.4 is 0 Å². The summed E-state index contributed by atoms with van der Waals surface area (Å²) in [6, 6.07) is 9.54. The van der Waals surface area contributed by atoms with Gasteiger partial charge in [0.15, 0.2) is 0 Å². The van der Waals surface area contributed by atoms with Crippen molar-refractivity contribution >= 4 is 5.91 Å². The van der Waals surface area contributed by atoms with E-state index in [2.05, 4.69) is 10.2 Å². The number of carbonyl (C=O) groups is 1. The molecule has 1 aromatic carbocycles. The number of aromatic nitrogens is 2. The zero-order valence-corrected chi connectivity index (χ0v) is 12.9. The molecule has 116 valence electrons. The van der Waals surface area contributed by atoms with Crippen LogP contribution in [0, 0.1) is 19.8 Å². The number of aromatic amines is 1. The van der Waals surface area contributed by atoms with Crippen molar-refractivity contribution in [2.24, 2.45) is 5.92 Å². The first-order valence-electron chi connectivity index (χ1n) is 7.58. The number of amides is 1. The first kappa shape index (κ1) is 14.8. The molecule has 5 nitrogen and oxygen atoms in total. The quantitative estimate of drug-likeness (QED) is 0.906. The highest BCUT2D eigenvalue weighted by Crippen LogP contribution is 2.23. The number of aliphatic hydroxyl groups is 1. The van der Waals surface area contributed by atoms with Crippen molar-refractivity contribution in [1.82, 2.24) is 15.1 Å². The molecule has 0 aliphatic carbocycles. The van der Waals surface area contributed by atoms with Gasteiger partial charge in [-0.1, -0.05) is 17.7 Å². The lowest BCUT2D eigenvalue weighted by Crippen LogP contribution is -2.29. The maximum atomic E-state index is 12.5. The summed E-state index contributed by atoms with van der Waals surface area (Å²) in [6.45, 7) is 4.91. The molecule has 1 aliphatic rings. The van der Waals surface area contributed by atoms with E-state index in [9.17, 15) is 9.90 Å². The largest absolute Gasteiger partial charge is 0.391 e. The summed E-state index contributed by atoms with van der Waals surface area (Å²) < 4.78 is 0. The highest BCUT2D eigenvalue weighted by Gasteiger charge is 2.34. The zero-order chi connectivity index (χ0) is 15.7. The molecule has 1 fully saturated rings. The molecule has 1 aromatic heterocycles. The topological polar surface area (TPSA) is 69.2 Å². The second-order valence-electron chi connectivity index (χ2n) is 6.15. The third kappa shape index (κ3) is 3.04. The highest BCUT2D eigenvalue weighted by molar-refractivity contribution is 5.94. The highest BCUT2D eigenvalue weighted by atomic mass is 16.3. The number of nitrogens with one attached hydrogen (secondary N) is 1.